The Labute approximate surface area is 190 Å². The summed E-state index contributed by atoms with van der Waals surface area (Å²) in [7, 11) is 0. The van der Waals surface area contributed by atoms with Gasteiger partial charge in [0.05, 0.1) is 17.1 Å². The Kier molecular flexibility index (Phi) is 6.18. The van der Waals surface area contributed by atoms with Crippen LogP contribution in [0.25, 0.3) is 10.7 Å². The van der Waals surface area contributed by atoms with E-state index in [0.29, 0.717) is 50.1 Å². The fourth-order valence-corrected chi connectivity index (χ4v) is 5.14. The van der Waals surface area contributed by atoms with E-state index in [4.69, 9.17) is 4.52 Å². The largest absolute Gasteiger partial charge is 0.366 e. The average molecular weight is 456 g/mol. The number of anilines is 1. The first kappa shape index (κ1) is 21.1. The lowest BCUT2D eigenvalue weighted by Gasteiger charge is -2.39. The molecular weight excluding hydrogens is 429 g/mol. The lowest BCUT2D eigenvalue weighted by atomic mass is 9.95. The molecule has 0 aliphatic carbocycles. The van der Waals surface area contributed by atoms with Gasteiger partial charge in [-0.1, -0.05) is 23.4 Å². The van der Waals surface area contributed by atoms with Crippen molar-refractivity contribution in [2.24, 2.45) is 5.92 Å². The van der Waals surface area contributed by atoms with E-state index >= 15 is 0 Å². The van der Waals surface area contributed by atoms with Crippen LogP contribution in [0.3, 0.4) is 0 Å². The predicted molar refractivity (Wildman–Crippen MR) is 121 cm³/mol. The van der Waals surface area contributed by atoms with E-state index in [2.05, 4.69) is 15.0 Å². The molecule has 3 aromatic rings. The van der Waals surface area contributed by atoms with Crippen molar-refractivity contribution in [2.75, 3.05) is 44.2 Å². The minimum Gasteiger partial charge on any atom is -0.366 e. The van der Waals surface area contributed by atoms with Crippen molar-refractivity contribution >= 4 is 22.9 Å². The molecular formula is C23H26FN5O2S. The first-order valence-electron chi connectivity index (χ1n) is 11.0. The molecule has 7 nitrogen and oxygen atoms in total. The Hall–Kier alpha value is -2.78. The number of carbonyl (C=O) groups is 1. The average Bonchev–Trinajstić information content (AvgIpc) is 3.52. The number of thiophene rings is 1. The Bertz CT molecular complexity index is 1040. The van der Waals surface area contributed by atoms with Gasteiger partial charge in [-0.3, -0.25) is 9.69 Å². The summed E-state index contributed by atoms with van der Waals surface area (Å²) in [4.78, 5) is 24.8. The van der Waals surface area contributed by atoms with Crippen LogP contribution in [-0.4, -0.2) is 65.1 Å². The summed E-state index contributed by atoms with van der Waals surface area (Å²) in [5.41, 5.74) is 0.621. The van der Waals surface area contributed by atoms with Crippen molar-refractivity contribution < 1.29 is 13.7 Å². The number of benzene rings is 1. The second-order valence-corrected chi connectivity index (χ2v) is 9.25. The molecule has 9 heteroatoms. The van der Waals surface area contributed by atoms with Crippen molar-refractivity contribution in [3.05, 3.63) is 53.5 Å². The number of likely N-dealkylation sites (tertiary alicyclic amines) is 1. The highest BCUT2D eigenvalue weighted by Crippen LogP contribution is 2.25. The van der Waals surface area contributed by atoms with Crippen LogP contribution in [-0.2, 0) is 11.3 Å². The van der Waals surface area contributed by atoms with Crippen LogP contribution in [0.1, 0.15) is 18.7 Å². The van der Waals surface area contributed by atoms with E-state index in [9.17, 15) is 9.18 Å². The Morgan fingerprint density at radius 1 is 1.06 bits per heavy atom. The Morgan fingerprint density at radius 3 is 2.56 bits per heavy atom. The molecule has 2 saturated heterocycles. The molecule has 168 valence electrons. The van der Waals surface area contributed by atoms with Gasteiger partial charge in [-0.05, 0) is 49.5 Å². The summed E-state index contributed by atoms with van der Waals surface area (Å²) in [6, 6.07) is 10.8. The maximum Gasteiger partial charge on any atom is 0.241 e. The van der Waals surface area contributed by atoms with Crippen molar-refractivity contribution in [3.63, 3.8) is 0 Å². The van der Waals surface area contributed by atoms with Crippen LogP contribution < -0.4 is 4.90 Å². The van der Waals surface area contributed by atoms with Gasteiger partial charge in [0.15, 0.2) is 0 Å². The highest BCUT2D eigenvalue weighted by molar-refractivity contribution is 7.13. The standard InChI is InChI=1S/C23H26FN5O2S/c24-18-4-1-2-5-19(18)28-11-13-29(14-12-28)23(30)17-7-9-27(10-8-17)16-21-25-22(26-31-21)20-6-3-15-32-20/h1-6,15,17H,7-14,16H2. The molecule has 0 N–H and O–H groups in total. The lowest BCUT2D eigenvalue weighted by molar-refractivity contribution is -0.137. The Morgan fingerprint density at radius 2 is 1.84 bits per heavy atom. The van der Waals surface area contributed by atoms with E-state index < -0.39 is 0 Å². The molecule has 1 amide bonds. The molecule has 0 saturated carbocycles. The predicted octanol–water partition coefficient (Wildman–Crippen LogP) is 3.50. The molecule has 2 aliphatic rings. The second-order valence-electron chi connectivity index (χ2n) is 8.30. The number of nitrogens with zero attached hydrogens (tertiary/aromatic N) is 5. The Balaban J connectivity index is 1.09. The van der Waals surface area contributed by atoms with Gasteiger partial charge in [-0.2, -0.15) is 4.98 Å². The molecule has 5 rings (SSSR count). The number of hydrogen-bond donors (Lipinski definition) is 0. The molecule has 0 bridgehead atoms. The molecule has 2 aliphatic heterocycles. The van der Waals surface area contributed by atoms with Gasteiger partial charge in [0.2, 0.25) is 17.6 Å². The fraction of sp³-hybridized carbons (Fsp3) is 0.435. The third kappa shape index (κ3) is 4.54. The summed E-state index contributed by atoms with van der Waals surface area (Å²) < 4.78 is 19.5. The second kappa shape index (κ2) is 9.38. The number of piperazine rings is 1. The molecule has 0 radical (unpaired) electrons. The number of aromatic nitrogens is 2. The van der Waals surface area contributed by atoms with Crippen LogP contribution in [0, 0.1) is 11.7 Å². The number of hydrogen-bond acceptors (Lipinski definition) is 7. The van der Waals surface area contributed by atoms with Crippen LogP contribution in [0.4, 0.5) is 10.1 Å². The minimum atomic E-state index is -0.205. The zero-order valence-corrected chi connectivity index (χ0v) is 18.6. The number of halogens is 1. The highest BCUT2D eigenvalue weighted by atomic mass is 32.1. The first-order valence-corrected chi connectivity index (χ1v) is 11.9. The van der Waals surface area contributed by atoms with Crippen molar-refractivity contribution in [1.82, 2.24) is 19.9 Å². The minimum absolute atomic E-state index is 0.0515. The topological polar surface area (TPSA) is 65.7 Å². The molecule has 0 spiro atoms. The van der Waals surface area contributed by atoms with E-state index in [1.54, 1.807) is 23.5 Å². The van der Waals surface area contributed by atoms with Crippen LogP contribution in [0.15, 0.2) is 46.3 Å². The molecule has 1 aromatic carbocycles. The van der Waals surface area contributed by atoms with E-state index in [-0.39, 0.29) is 17.6 Å². The van der Waals surface area contributed by atoms with Crippen molar-refractivity contribution in [2.45, 2.75) is 19.4 Å². The van der Waals surface area contributed by atoms with Gasteiger partial charge in [0, 0.05) is 32.1 Å². The zero-order chi connectivity index (χ0) is 21.9. The summed E-state index contributed by atoms with van der Waals surface area (Å²) >= 11 is 1.59. The van der Waals surface area contributed by atoms with Gasteiger partial charge < -0.3 is 14.3 Å². The number of carbonyl (C=O) groups excluding carboxylic acids is 1. The quantitative estimate of drug-likeness (QED) is 0.587. The van der Waals surface area contributed by atoms with Crippen molar-refractivity contribution in [3.8, 4) is 10.7 Å². The van der Waals surface area contributed by atoms with Gasteiger partial charge >= 0.3 is 0 Å². The maximum absolute atomic E-state index is 14.0. The van der Waals surface area contributed by atoms with Crippen molar-refractivity contribution in [1.29, 1.82) is 0 Å². The fourth-order valence-electron chi connectivity index (χ4n) is 4.49. The molecule has 4 heterocycles. The lowest BCUT2D eigenvalue weighted by Crippen LogP contribution is -2.51. The molecule has 32 heavy (non-hydrogen) atoms. The summed E-state index contributed by atoms with van der Waals surface area (Å²) in [5, 5.41) is 6.06. The van der Waals surface area contributed by atoms with Crippen LogP contribution in [0.2, 0.25) is 0 Å². The molecule has 0 unspecified atom stereocenters. The van der Waals surface area contributed by atoms with Crippen LogP contribution in [0.5, 0.6) is 0 Å². The zero-order valence-electron chi connectivity index (χ0n) is 17.8. The highest BCUT2D eigenvalue weighted by Gasteiger charge is 2.31. The van der Waals surface area contributed by atoms with E-state index in [0.717, 1.165) is 30.8 Å². The van der Waals surface area contributed by atoms with Gasteiger partial charge in [0.1, 0.15) is 5.82 Å². The summed E-state index contributed by atoms with van der Waals surface area (Å²) in [5.74, 6) is 1.33. The third-order valence-electron chi connectivity index (χ3n) is 6.29. The third-order valence-corrected chi connectivity index (χ3v) is 7.16. The molecule has 2 fully saturated rings. The van der Waals surface area contributed by atoms with E-state index in [1.807, 2.05) is 33.4 Å². The number of rotatable bonds is 5. The first-order chi connectivity index (χ1) is 15.7. The summed E-state index contributed by atoms with van der Waals surface area (Å²) in [6.45, 7) is 4.89. The molecule has 0 atom stereocenters. The number of piperidine rings is 1. The SMILES string of the molecule is O=C(C1CCN(Cc2nc(-c3cccs3)no2)CC1)N1CCN(c2ccccc2F)CC1. The van der Waals surface area contributed by atoms with Gasteiger partial charge in [0.25, 0.3) is 0 Å². The number of para-hydroxylation sites is 1. The summed E-state index contributed by atoms with van der Waals surface area (Å²) in [6.07, 6.45) is 1.66. The van der Waals surface area contributed by atoms with Gasteiger partial charge in [-0.25, -0.2) is 4.39 Å². The monoisotopic (exact) mass is 455 g/mol. The smallest absolute Gasteiger partial charge is 0.241 e. The molecule has 2 aromatic heterocycles. The van der Waals surface area contributed by atoms with E-state index in [1.165, 1.54) is 6.07 Å². The normalized spacial score (nSPS) is 18.3. The number of amides is 1. The van der Waals surface area contributed by atoms with Gasteiger partial charge in [-0.15, -0.1) is 11.3 Å². The maximum atomic E-state index is 14.0. The van der Waals surface area contributed by atoms with Crippen LogP contribution >= 0.6 is 11.3 Å².